The Morgan fingerprint density at radius 1 is 0.516 bits per heavy atom. The van der Waals surface area contributed by atoms with E-state index >= 15 is 0 Å². The highest BCUT2D eigenvalue weighted by molar-refractivity contribution is 7.95. The van der Waals surface area contributed by atoms with E-state index in [1.165, 1.54) is 26.9 Å². The lowest BCUT2D eigenvalue weighted by Crippen LogP contribution is -3.00. The summed E-state index contributed by atoms with van der Waals surface area (Å²) in [6, 6.07) is 43.8. The van der Waals surface area contributed by atoms with Crippen LogP contribution in [-0.4, -0.2) is 4.98 Å². The van der Waals surface area contributed by atoms with Gasteiger partial charge in [0, 0.05) is 17.1 Å². The summed E-state index contributed by atoms with van der Waals surface area (Å²) in [5.41, 5.74) is 2.41. The number of fused-ring (bicyclic) bond motifs is 1. The van der Waals surface area contributed by atoms with Crippen molar-refractivity contribution in [3.05, 3.63) is 133 Å². The molecule has 0 atom stereocenters. The fourth-order valence-electron chi connectivity index (χ4n) is 4.32. The van der Waals surface area contributed by atoms with E-state index in [2.05, 4.69) is 115 Å². The summed E-state index contributed by atoms with van der Waals surface area (Å²) in [6.45, 7) is 0. The van der Waals surface area contributed by atoms with E-state index in [9.17, 15) is 0 Å². The first-order chi connectivity index (χ1) is 14.9. The van der Waals surface area contributed by atoms with Crippen LogP contribution in [-0.2, 0) is 6.16 Å². The molecule has 0 spiro atoms. The van der Waals surface area contributed by atoms with Crippen LogP contribution in [0.4, 0.5) is 0 Å². The fourth-order valence-corrected chi connectivity index (χ4v) is 8.57. The van der Waals surface area contributed by atoms with Gasteiger partial charge in [0.15, 0.2) is 0 Å². The highest BCUT2D eigenvalue weighted by Gasteiger charge is 2.45. The van der Waals surface area contributed by atoms with Gasteiger partial charge in [0.2, 0.25) is 0 Å². The Morgan fingerprint density at radius 3 is 1.52 bits per heavy atom. The topological polar surface area (TPSA) is 12.9 Å². The van der Waals surface area contributed by atoms with Crippen molar-refractivity contribution in [1.29, 1.82) is 0 Å². The molecule has 1 nitrogen and oxygen atoms in total. The molecule has 0 unspecified atom stereocenters. The predicted molar refractivity (Wildman–Crippen MR) is 131 cm³/mol. The Balaban J connectivity index is 0.00000231. The Hall–Kier alpha value is -2.80. The lowest BCUT2D eigenvalue weighted by Gasteiger charge is -2.28. The van der Waals surface area contributed by atoms with Crippen molar-refractivity contribution in [3.63, 3.8) is 0 Å². The maximum absolute atomic E-state index is 4.76. The number of halogens is 1. The van der Waals surface area contributed by atoms with Gasteiger partial charge >= 0.3 is 0 Å². The van der Waals surface area contributed by atoms with Crippen LogP contribution < -0.4 is 32.9 Å². The van der Waals surface area contributed by atoms with Gasteiger partial charge in [0.25, 0.3) is 0 Å². The van der Waals surface area contributed by atoms with E-state index in [1.54, 1.807) is 0 Å². The Bertz CT molecular complexity index is 1160. The number of pyridine rings is 1. The monoisotopic (exact) mass is 483 g/mol. The predicted octanol–water partition coefficient (Wildman–Crippen LogP) is 2.73. The van der Waals surface area contributed by atoms with E-state index in [1.807, 2.05) is 12.3 Å². The van der Waals surface area contributed by atoms with Crippen LogP contribution in [0.3, 0.4) is 0 Å². The molecule has 5 aromatic rings. The van der Waals surface area contributed by atoms with Gasteiger partial charge in [-0.3, -0.25) is 4.98 Å². The number of benzene rings is 4. The molecule has 31 heavy (non-hydrogen) atoms. The summed E-state index contributed by atoms with van der Waals surface area (Å²) in [6.07, 6.45) is 2.85. The second-order valence-electron chi connectivity index (χ2n) is 7.47. The van der Waals surface area contributed by atoms with Crippen LogP contribution >= 0.6 is 7.26 Å². The van der Waals surface area contributed by atoms with E-state index in [0.717, 1.165) is 11.7 Å². The Labute approximate surface area is 194 Å². The zero-order chi connectivity index (χ0) is 20.2. The fraction of sp³-hybridized carbons (Fsp3) is 0.0357. The van der Waals surface area contributed by atoms with E-state index < -0.39 is 7.26 Å². The SMILES string of the molecule is [Br-].c1ccc([P+](Cc2cccc3cccnc23)(c2ccccc2)c2ccccc2)cc1. The molecule has 5 rings (SSSR count). The van der Waals surface area contributed by atoms with Gasteiger partial charge in [0.1, 0.15) is 29.3 Å². The normalized spacial score (nSPS) is 11.1. The molecule has 3 heteroatoms. The third-order valence-electron chi connectivity index (χ3n) is 5.71. The number of nitrogens with zero attached hydrogens (tertiary/aromatic N) is 1. The van der Waals surface area contributed by atoms with Crippen molar-refractivity contribution in [3.8, 4) is 0 Å². The van der Waals surface area contributed by atoms with Gasteiger partial charge < -0.3 is 17.0 Å². The molecular weight excluding hydrogens is 461 g/mol. The van der Waals surface area contributed by atoms with Crippen LogP contribution in [0.15, 0.2) is 128 Å². The zero-order valence-corrected chi connectivity index (χ0v) is 19.6. The number of hydrogen-bond donors (Lipinski definition) is 0. The number of aromatic nitrogens is 1. The van der Waals surface area contributed by atoms with Gasteiger partial charge in [-0.05, 0) is 42.5 Å². The molecule has 0 aliphatic rings. The van der Waals surface area contributed by atoms with E-state index in [-0.39, 0.29) is 17.0 Å². The van der Waals surface area contributed by atoms with Crippen LogP contribution in [0.1, 0.15) is 5.56 Å². The molecule has 4 aromatic carbocycles. The second-order valence-corrected chi connectivity index (χ2v) is 11.0. The standard InChI is InChI=1S/C28H23NP.BrH/c1-4-15-25(16-5-1)30(26-17-6-2-7-18-26,27-19-8-3-9-20-27)22-24-13-10-12-23-14-11-21-29-28(23)24;/h1-21H,22H2;1H/q+1;/p-1. The summed E-state index contributed by atoms with van der Waals surface area (Å²) in [4.78, 5) is 4.76. The maximum atomic E-state index is 4.76. The molecule has 152 valence electrons. The number of hydrogen-bond acceptors (Lipinski definition) is 1. The first kappa shape index (κ1) is 21.4. The van der Waals surface area contributed by atoms with Crippen molar-refractivity contribution in [2.24, 2.45) is 0 Å². The first-order valence-corrected chi connectivity index (χ1v) is 12.2. The maximum Gasteiger partial charge on any atom is 0.116 e. The summed E-state index contributed by atoms with van der Waals surface area (Å²) in [5.74, 6) is 0. The lowest BCUT2D eigenvalue weighted by molar-refractivity contribution is -0.00000580. The highest BCUT2D eigenvalue weighted by atomic mass is 79.9. The second kappa shape index (κ2) is 9.56. The molecule has 0 aliphatic carbocycles. The minimum atomic E-state index is -1.92. The smallest absolute Gasteiger partial charge is 0.116 e. The Morgan fingerprint density at radius 2 is 1.00 bits per heavy atom. The number of para-hydroxylation sites is 1. The van der Waals surface area contributed by atoms with Gasteiger partial charge in [-0.1, -0.05) is 78.9 Å². The molecule has 0 amide bonds. The summed E-state index contributed by atoms with van der Waals surface area (Å²) >= 11 is 0. The van der Waals surface area contributed by atoms with Gasteiger partial charge in [0.05, 0.1) is 5.52 Å². The number of rotatable bonds is 5. The van der Waals surface area contributed by atoms with Gasteiger partial charge in [-0.25, -0.2) is 0 Å². The molecule has 1 heterocycles. The Kier molecular flexibility index (Phi) is 6.61. The minimum absolute atomic E-state index is 0. The van der Waals surface area contributed by atoms with Crippen molar-refractivity contribution in [2.75, 3.05) is 0 Å². The largest absolute Gasteiger partial charge is 1.00 e. The van der Waals surface area contributed by atoms with Crippen LogP contribution in [0.25, 0.3) is 10.9 Å². The molecule has 0 fully saturated rings. The van der Waals surface area contributed by atoms with Crippen molar-refractivity contribution < 1.29 is 17.0 Å². The lowest BCUT2D eigenvalue weighted by atomic mass is 10.1. The minimum Gasteiger partial charge on any atom is -1.00 e. The quantitative estimate of drug-likeness (QED) is 0.350. The molecule has 0 saturated carbocycles. The summed E-state index contributed by atoms with van der Waals surface area (Å²) < 4.78 is 0. The summed E-state index contributed by atoms with van der Waals surface area (Å²) in [5, 5.41) is 5.39. The van der Waals surface area contributed by atoms with Gasteiger partial charge in [-0.15, -0.1) is 0 Å². The molecule has 0 N–H and O–H groups in total. The molecular formula is C28H23BrNP. The van der Waals surface area contributed by atoms with Crippen molar-refractivity contribution in [1.82, 2.24) is 4.98 Å². The highest BCUT2D eigenvalue weighted by Crippen LogP contribution is 2.58. The van der Waals surface area contributed by atoms with Crippen molar-refractivity contribution in [2.45, 2.75) is 6.16 Å². The molecule has 0 aliphatic heterocycles. The molecule has 0 bridgehead atoms. The van der Waals surface area contributed by atoms with Crippen LogP contribution in [0.5, 0.6) is 0 Å². The third kappa shape index (κ3) is 4.06. The zero-order valence-electron chi connectivity index (χ0n) is 17.1. The molecule has 0 radical (unpaired) electrons. The third-order valence-corrected chi connectivity index (χ3v) is 10.1. The van der Waals surface area contributed by atoms with Gasteiger partial charge in [-0.2, -0.15) is 0 Å². The van der Waals surface area contributed by atoms with Crippen molar-refractivity contribution >= 4 is 34.1 Å². The average Bonchev–Trinajstić information content (AvgIpc) is 2.84. The summed E-state index contributed by atoms with van der Waals surface area (Å²) in [7, 11) is -1.92. The first-order valence-electron chi connectivity index (χ1n) is 10.3. The van der Waals surface area contributed by atoms with Crippen LogP contribution in [0.2, 0.25) is 0 Å². The molecule has 0 saturated heterocycles. The van der Waals surface area contributed by atoms with Crippen LogP contribution in [0, 0.1) is 0 Å². The van der Waals surface area contributed by atoms with E-state index in [4.69, 9.17) is 4.98 Å². The molecule has 1 aromatic heterocycles. The van der Waals surface area contributed by atoms with E-state index in [0.29, 0.717) is 0 Å². The average molecular weight is 484 g/mol.